The zero-order valence-electron chi connectivity index (χ0n) is 13.9. The first-order valence-electron chi connectivity index (χ1n) is 8.00. The van der Waals surface area contributed by atoms with Gasteiger partial charge in [-0.05, 0) is 30.3 Å². The van der Waals surface area contributed by atoms with Gasteiger partial charge in [-0.3, -0.25) is 9.55 Å². The van der Waals surface area contributed by atoms with E-state index in [4.69, 9.17) is 13.9 Å². The molecule has 0 spiro atoms. The lowest BCUT2D eigenvalue weighted by Crippen LogP contribution is -2.18. The fraction of sp³-hybridized carbons (Fsp3) is 0.158. The first kappa shape index (κ1) is 16.1. The summed E-state index contributed by atoms with van der Waals surface area (Å²) in [4.78, 5) is 16.3. The molecular weight excluding hydrogens is 339 g/mol. The van der Waals surface area contributed by atoms with Crippen molar-refractivity contribution in [3.05, 3.63) is 65.0 Å². The Kier molecular flexibility index (Phi) is 4.04. The summed E-state index contributed by atoms with van der Waals surface area (Å²) in [5.41, 5.74) is 1.50. The van der Waals surface area contributed by atoms with E-state index >= 15 is 0 Å². The van der Waals surface area contributed by atoms with Crippen LogP contribution in [0, 0.1) is 5.82 Å². The minimum absolute atomic E-state index is 0.218. The Hall–Kier alpha value is -3.35. The van der Waals surface area contributed by atoms with E-state index in [1.54, 1.807) is 19.4 Å². The summed E-state index contributed by atoms with van der Waals surface area (Å²) in [7, 11) is 1.59. The second kappa shape index (κ2) is 6.51. The van der Waals surface area contributed by atoms with Crippen LogP contribution < -0.4 is 15.2 Å². The Labute approximate surface area is 147 Å². The second-order valence-electron chi connectivity index (χ2n) is 5.67. The highest BCUT2D eigenvalue weighted by molar-refractivity contribution is 5.85. The van der Waals surface area contributed by atoms with Gasteiger partial charge in [0.2, 0.25) is 0 Å². The van der Waals surface area contributed by atoms with Crippen molar-refractivity contribution in [3.8, 4) is 11.5 Å². The molecule has 4 aromatic rings. The van der Waals surface area contributed by atoms with Gasteiger partial charge in [-0.1, -0.05) is 0 Å². The smallest absolute Gasteiger partial charge is 0.420 e. The molecule has 0 radical (unpaired) electrons. The minimum Gasteiger partial charge on any atom is -0.497 e. The SMILES string of the molecule is COc1ccc2c(OCCn3c(=O)oc4ccc(F)cc43)ccnc2c1. The zero-order chi connectivity index (χ0) is 18.1. The van der Waals surface area contributed by atoms with Gasteiger partial charge >= 0.3 is 5.76 Å². The van der Waals surface area contributed by atoms with Crippen LogP contribution in [0.4, 0.5) is 4.39 Å². The molecule has 0 aliphatic heterocycles. The van der Waals surface area contributed by atoms with Crippen LogP contribution in [0.2, 0.25) is 0 Å². The van der Waals surface area contributed by atoms with Crippen LogP contribution in [-0.4, -0.2) is 23.3 Å². The fourth-order valence-corrected chi connectivity index (χ4v) is 2.85. The van der Waals surface area contributed by atoms with Crippen LogP contribution in [-0.2, 0) is 6.54 Å². The van der Waals surface area contributed by atoms with E-state index in [0.717, 1.165) is 10.9 Å². The number of pyridine rings is 1. The number of fused-ring (bicyclic) bond motifs is 2. The number of rotatable bonds is 5. The van der Waals surface area contributed by atoms with Crippen molar-refractivity contribution in [2.75, 3.05) is 13.7 Å². The summed E-state index contributed by atoms with van der Waals surface area (Å²) in [6, 6.07) is 11.2. The molecule has 0 atom stereocenters. The fourth-order valence-electron chi connectivity index (χ4n) is 2.85. The largest absolute Gasteiger partial charge is 0.497 e. The van der Waals surface area contributed by atoms with E-state index in [0.29, 0.717) is 22.6 Å². The van der Waals surface area contributed by atoms with E-state index in [1.165, 1.54) is 22.8 Å². The summed E-state index contributed by atoms with van der Waals surface area (Å²) in [5.74, 6) is 0.380. The minimum atomic E-state index is -0.543. The molecule has 7 heteroatoms. The van der Waals surface area contributed by atoms with Gasteiger partial charge in [-0.15, -0.1) is 0 Å². The third-order valence-electron chi connectivity index (χ3n) is 4.11. The van der Waals surface area contributed by atoms with Crippen LogP contribution in [0.1, 0.15) is 0 Å². The van der Waals surface area contributed by atoms with E-state index in [1.807, 2.05) is 18.2 Å². The lowest BCUT2D eigenvalue weighted by atomic mass is 10.2. The normalized spacial score (nSPS) is 11.2. The maximum atomic E-state index is 13.4. The quantitative estimate of drug-likeness (QED) is 0.550. The first-order chi connectivity index (χ1) is 12.7. The monoisotopic (exact) mass is 354 g/mol. The Morgan fingerprint density at radius 1 is 1.19 bits per heavy atom. The molecular formula is C19H15FN2O4. The Balaban J connectivity index is 1.57. The molecule has 0 aliphatic rings. The average molecular weight is 354 g/mol. The maximum absolute atomic E-state index is 13.4. The van der Waals surface area contributed by atoms with Crippen molar-refractivity contribution < 1.29 is 18.3 Å². The van der Waals surface area contributed by atoms with E-state index in [9.17, 15) is 9.18 Å². The topological polar surface area (TPSA) is 66.5 Å². The molecule has 132 valence electrons. The van der Waals surface area contributed by atoms with Gasteiger partial charge in [0.1, 0.15) is 23.9 Å². The summed E-state index contributed by atoms with van der Waals surface area (Å²) in [5, 5.41) is 0.837. The molecule has 0 amide bonds. The summed E-state index contributed by atoms with van der Waals surface area (Å²) in [6.45, 7) is 0.450. The maximum Gasteiger partial charge on any atom is 0.420 e. The molecule has 0 N–H and O–H groups in total. The number of hydrogen-bond donors (Lipinski definition) is 0. The number of methoxy groups -OCH3 is 1. The lowest BCUT2D eigenvalue weighted by molar-refractivity contribution is 0.297. The Morgan fingerprint density at radius 3 is 2.92 bits per heavy atom. The number of aromatic nitrogens is 2. The summed E-state index contributed by atoms with van der Waals surface area (Å²) >= 11 is 0. The summed E-state index contributed by atoms with van der Waals surface area (Å²) in [6.07, 6.45) is 1.64. The number of nitrogens with zero attached hydrogens (tertiary/aromatic N) is 2. The third-order valence-corrected chi connectivity index (χ3v) is 4.11. The van der Waals surface area contributed by atoms with Gasteiger partial charge in [-0.2, -0.15) is 0 Å². The van der Waals surface area contributed by atoms with Gasteiger partial charge < -0.3 is 13.9 Å². The number of hydrogen-bond acceptors (Lipinski definition) is 5. The van der Waals surface area contributed by atoms with E-state index < -0.39 is 11.6 Å². The molecule has 2 aromatic carbocycles. The predicted molar refractivity (Wildman–Crippen MR) is 94.2 cm³/mol. The van der Waals surface area contributed by atoms with E-state index in [2.05, 4.69) is 4.98 Å². The highest BCUT2D eigenvalue weighted by Crippen LogP contribution is 2.27. The van der Waals surface area contributed by atoms with Crippen molar-refractivity contribution in [1.29, 1.82) is 0 Å². The number of benzene rings is 2. The van der Waals surface area contributed by atoms with Gasteiger partial charge in [0, 0.05) is 23.7 Å². The van der Waals surface area contributed by atoms with Crippen LogP contribution in [0.15, 0.2) is 57.9 Å². The Morgan fingerprint density at radius 2 is 2.08 bits per heavy atom. The highest BCUT2D eigenvalue weighted by Gasteiger charge is 2.11. The molecule has 0 fully saturated rings. The molecule has 26 heavy (non-hydrogen) atoms. The number of oxazole rings is 1. The molecule has 0 saturated carbocycles. The number of halogens is 1. The molecule has 0 aliphatic carbocycles. The lowest BCUT2D eigenvalue weighted by Gasteiger charge is -2.10. The van der Waals surface area contributed by atoms with Crippen molar-refractivity contribution >= 4 is 22.0 Å². The van der Waals surface area contributed by atoms with Crippen molar-refractivity contribution in [2.24, 2.45) is 0 Å². The molecule has 6 nitrogen and oxygen atoms in total. The zero-order valence-corrected chi connectivity index (χ0v) is 13.9. The summed E-state index contributed by atoms with van der Waals surface area (Å²) < 4.78 is 30.9. The van der Waals surface area contributed by atoms with Crippen molar-refractivity contribution in [1.82, 2.24) is 9.55 Å². The molecule has 2 aromatic heterocycles. The van der Waals surface area contributed by atoms with Crippen LogP contribution in [0.25, 0.3) is 22.0 Å². The van der Waals surface area contributed by atoms with Gasteiger partial charge in [0.25, 0.3) is 0 Å². The second-order valence-corrected chi connectivity index (χ2v) is 5.67. The van der Waals surface area contributed by atoms with Gasteiger partial charge in [-0.25, -0.2) is 9.18 Å². The molecule has 4 rings (SSSR count). The highest BCUT2D eigenvalue weighted by atomic mass is 19.1. The molecule has 0 unspecified atom stereocenters. The standard InChI is InChI=1S/C19H15FN2O4/c1-24-13-3-4-14-15(11-13)21-7-6-17(14)25-9-8-22-16-10-12(20)2-5-18(16)26-19(22)23/h2-7,10-11H,8-9H2,1H3. The third kappa shape index (κ3) is 2.88. The van der Waals surface area contributed by atoms with Crippen LogP contribution in [0.5, 0.6) is 11.5 Å². The average Bonchev–Trinajstić information content (AvgIpc) is 2.96. The molecule has 0 bridgehead atoms. The van der Waals surface area contributed by atoms with E-state index in [-0.39, 0.29) is 13.2 Å². The first-order valence-corrected chi connectivity index (χ1v) is 8.00. The van der Waals surface area contributed by atoms with Crippen molar-refractivity contribution in [3.63, 3.8) is 0 Å². The molecule has 2 heterocycles. The van der Waals surface area contributed by atoms with Crippen LogP contribution >= 0.6 is 0 Å². The molecule has 0 saturated heterocycles. The van der Waals surface area contributed by atoms with Crippen LogP contribution in [0.3, 0.4) is 0 Å². The van der Waals surface area contributed by atoms with Gasteiger partial charge in [0.05, 0.1) is 24.7 Å². The van der Waals surface area contributed by atoms with Crippen molar-refractivity contribution in [2.45, 2.75) is 6.54 Å². The van der Waals surface area contributed by atoms with Gasteiger partial charge in [0.15, 0.2) is 5.58 Å². The predicted octanol–water partition coefficient (Wildman–Crippen LogP) is 3.37. The Bertz CT molecular complexity index is 1150. The number of ether oxygens (including phenoxy) is 2.